The van der Waals surface area contributed by atoms with E-state index in [1.165, 1.54) is 13.0 Å². The standard InChI is InChI=1S/C9H17N5S/c1-2-13-4-3-7(5-13)6-14-8(10)11-12-9(14)15/h7H,2-6H2,1H3,(H2,10,11)(H,12,15). The van der Waals surface area contributed by atoms with Gasteiger partial charge in [0.25, 0.3) is 0 Å². The van der Waals surface area contributed by atoms with Gasteiger partial charge in [0.1, 0.15) is 0 Å². The van der Waals surface area contributed by atoms with E-state index in [-0.39, 0.29) is 0 Å². The second kappa shape index (κ2) is 4.32. The zero-order chi connectivity index (χ0) is 10.8. The third kappa shape index (κ3) is 2.21. The monoisotopic (exact) mass is 227 g/mol. The quantitative estimate of drug-likeness (QED) is 0.752. The molecule has 2 heterocycles. The van der Waals surface area contributed by atoms with Crippen LogP contribution in [-0.4, -0.2) is 39.3 Å². The first-order valence-corrected chi connectivity index (χ1v) is 5.74. The van der Waals surface area contributed by atoms with E-state index in [1.54, 1.807) is 0 Å². The molecule has 1 fully saturated rings. The molecule has 1 saturated heterocycles. The van der Waals surface area contributed by atoms with Crippen LogP contribution in [-0.2, 0) is 6.54 Å². The summed E-state index contributed by atoms with van der Waals surface area (Å²) in [5, 5.41) is 6.62. The van der Waals surface area contributed by atoms with Crippen LogP contribution in [0.5, 0.6) is 0 Å². The Morgan fingerprint density at radius 2 is 2.47 bits per heavy atom. The van der Waals surface area contributed by atoms with Crippen LogP contribution in [0.3, 0.4) is 0 Å². The predicted molar refractivity (Wildman–Crippen MR) is 62.0 cm³/mol. The van der Waals surface area contributed by atoms with E-state index in [1.807, 2.05) is 4.57 Å². The second-order valence-corrected chi connectivity index (χ2v) is 4.43. The Morgan fingerprint density at radius 1 is 1.67 bits per heavy atom. The van der Waals surface area contributed by atoms with Crippen LogP contribution in [0.1, 0.15) is 13.3 Å². The Labute approximate surface area is 94.3 Å². The average Bonchev–Trinajstić information content (AvgIpc) is 2.80. The molecule has 0 saturated carbocycles. The summed E-state index contributed by atoms with van der Waals surface area (Å²) in [4.78, 5) is 2.45. The van der Waals surface area contributed by atoms with Crippen LogP contribution in [0.25, 0.3) is 0 Å². The van der Waals surface area contributed by atoms with Gasteiger partial charge in [-0.25, -0.2) is 5.10 Å². The lowest BCUT2D eigenvalue weighted by Crippen LogP contribution is -2.21. The zero-order valence-corrected chi connectivity index (χ0v) is 9.76. The highest BCUT2D eigenvalue weighted by Gasteiger charge is 2.22. The summed E-state index contributed by atoms with van der Waals surface area (Å²) in [6.07, 6.45) is 1.22. The summed E-state index contributed by atoms with van der Waals surface area (Å²) in [7, 11) is 0. The fourth-order valence-corrected chi connectivity index (χ4v) is 2.33. The highest BCUT2D eigenvalue weighted by atomic mass is 32.1. The number of nitrogen functional groups attached to an aromatic ring is 1. The molecule has 1 aromatic rings. The third-order valence-electron chi connectivity index (χ3n) is 3.05. The molecule has 0 radical (unpaired) electrons. The van der Waals surface area contributed by atoms with Gasteiger partial charge in [-0.2, -0.15) is 0 Å². The summed E-state index contributed by atoms with van der Waals surface area (Å²) in [6, 6.07) is 0. The second-order valence-electron chi connectivity index (χ2n) is 4.05. The molecule has 1 aliphatic rings. The van der Waals surface area contributed by atoms with Crippen molar-refractivity contribution < 1.29 is 0 Å². The molecule has 3 N–H and O–H groups in total. The van der Waals surface area contributed by atoms with Gasteiger partial charge >= 0.3 is 0 Å². The number of rotatable bonds is 3. The lowest BCUT2D eigenvalue weighted by Gasteiger charge is -2.13. The molecule has 5 nitrogen and oxygen atoms in total. The Morgan fingerprint density at radius 3 is 3.00 bits per heavy atom. The number of aromatic amines is 1. The van der Waals surface area contributed by atoms with Gasteiger partial charge in [0.15, 0.2) is 4.77 Å². The molecule has 1 aliphatic heterocycles. The first-order chi connectivity index (χ1) is 7.20. The van der Waals surface area contributed by atoms with E-state index in [9.17, 15) is 0 Å². The van der Waals surface area contributed by atoms with Crippen molar-refractivity contribution in [2.24, 2.45) is 5.92 Å². The maximum atomic E-state index is 5.73. The number of anilines is 1. The Hall–Kier alpha value is -0.880. The highest BCUT2D eigenvalue weighted by molar-refractivity contribution is 7.71. The lowest BCUT2D eigenvalue weighted by atomic mass is 10.1. The predicted octanol–water partition coefficient (Wildman–Crippen LogP) is 0.865. The summed E-state index contributed by atoms with van der Waals surface area (Å²) in [5.41, 5.74) is 5.73. The first-order valence-electron chi connectivity index (χ1n) is 5.33. The molecule has 0 amide bonds. The Bertz CT molecular complexity index is 382. The van der Waals surface area contributed by atoms with Crippen LogP contribution in [0.4, 0.5) is 5.95 Å². The molecule has 0 bridgehead atoms. The minimum atomic E-state index is 0.495. The average molecular weight is 227 g/mol. The van der Waals surface area contributed by atoms with Crippen LogP contribution in [0.15, 0.2) is 0 Å². The largest absolute Gasteiger partial charge is 0.368 e. The van der Waals surface area contributed by atoms with E-state index in [4.69, 9.17) is 18.0 Å². The molecule has 15 heavy (non-hydrogen) atoms. The maximum absolute atomic E-state index is 5.73. The maximum Gasteiger partial charge on any atom is 0.220 e. The van der Waals surface area contributed by atoms with Crippen molar-refractivity contribution in [3.8, 4) is 0 Å². The molecular weight excluding hydrogens is 210 g/mol. The van der Waals surface area contributed by atoms with Gasteiger partial charge in [0.2, 0.25) is 5.95 Å². The summed E-state index contributed by atoms with van der Waals surface area (Å²) in [5.74, 6) is 1.14. The number of nitrogens with one attached hydrogen (secondary N) is 1. The van der Waals surface area contributed by atoms with Crippen molar-refractivity contribution in [2.75, 3.05) is 25.4 Å². The van der Waals surface area contributed by atoms with Crippen molar-refractivity contribution in [3.05, 3.63) is 4.77 Å². The van der Waals surface area contributed by atoms with E-state index < -0.39 is 0 Å². The minimum absolute atomic E-state index is 0.495. The van der Waals surface area contributed by atoms with Crippen LogP contribution in [0, 0.1) is 10.7 Å². The molecule has 1 atom stereocenters. The van der Waals surface area contributed by atoms with Gasteiger partial charge < -0.3 is 10.6 Å². The van der Waals surface area contributed by atoms with Crippen molar-refractivity contribution in [1.82, 2.24) is 19.7 Å². The van der Waals surface area contributed by atoms with Crippen LogP contribution in [0.2, 0.25) is 0 Å². The van der Waals surface area contributed by atoms with E-state index in [2.05, 4.69) is 22.0 Å². The van der Waals surface area contributed by atoms with E-state index in [0.717, 1.165) is 19.6 Å². The molecule has 2 rings (SSSR count). The molecule has 0 aromatic carbocycles. The lowest BCUT2D eigenvalue weighted by molar-refractivity contribution is 0.332. The first kappa shape index (κ1) is 10.6. The minimum Gasteiger partial charge on any atom is -0.368 e. The molecule has 0 spiro atoms. The number of hydrogen-bond donors (Lipinski definition) is 2. The molecule has 84 valence electrons. The van der Waals surface area contributed by atoms with Crippen molar-refractivity contribution in [3.63, 3.8) is 0 Å². The molecule has 6 heteroatoms. The number of nitrogens with zero attached hydrogens (tertiary/aromatic N) is 3. The number of hydrogen-bond acceptors (Lipinski definition) is 4. The molecular formula is C9H17N5S. The summed E-state index contributed by atoms with van der Waals surface area (Å²) in [6.45, 7) is 6.54. The van der Waals surface area contributed by atoms with Crippen LogP contribution >= 0.6 is 12.2 Å². The fraction of sp³-hybridized carbons (Fsp3) is 0.778. The van der Waals surface area contributed by atoms with Gasteiger partial charge in [0.05, 0.1) is 0 Å². The van der Waals surface area contributed by atoms with Gasteiger partial charge in [-0.05, 0) is 37.6 Å². The zero-order valence-electron chi connectivity index (χ0n) is 8.94. The van der Waals surface area contributed by atoms with Gasteiger partial charge in [-0.3, -0.25) is 4.57 Å². The summed E-state index contributed by atoms with van der Waals surface area (Å²) >= 11 is 5.12. The topological polar surface area (TPSA) is 62.9 Å². The summed E-state index contributed by atoms with van der Waals surface area (Å²) < 4.78 is 2.52. The molecule has 1 aromatic heterocycles. The SMILES string of the molecule is CCN1CCC(Cn2c(N)n[nH]c2=S)C1. The van der Waals surface area contributed by atoms with Gasteiger partial charge in [-0.15, -0.1) is 5.10 Å². The smallest absolute Gasteiger partial charge is 0.220 e. The van der Waals surface area contributed by atoms with Crippen molar-refractivity contribution in [1.29, 1.82) is 0 Å². The number of H-pyrrole nitrogens is 1. The normalized spacial score (nSPS) is 22.3. The highest BCUT2D eigenvalue weighted by Crippen LogP contribution is 2.18. The number of likely N-dealkylation sites (tertiary alicyclic amines) is 1. The Balaban J connectivity index is 2.01. The van der Waals surface area contributed by atoms with E-state index in [0.29, 0.717) is 16.6 Å². The number of nitrogens with two attached hydrogens (primary N) is 1. The molecule has 0 aliphatic carbocycles. The van der Waals surface area contributed by atoms with E-state index >= 15 is 0 Å². The fourth-order valence-electron chi connectivity index (χ4n) is 2.11. The third-order valence-corrected chi connectivity index (χ3v) is 3.36. The van der Waals surface area contributed by atoms with Gasteiger partial charge in [0, 0.05) is 13.1 Å². The van der Waals surface area contributed by atoms with Crippen molar-refractivity contribution in [2.45, 2.75) is 19.9 Å². The van der Waals surface area contributed by atoms with Crippen LogP contribution < -0.4 is 5.73 Å². The molecule has 1 unspecified atom stereocenters. The van der Waals surface area contributed by atoms with Crippen molar-refractivity contribution >= 4 is 18.2 Å². The Kier molecular flexibility index (Phi) is 3.06. The van der Waals surface area contributed by atoms with Gasteiger partial charge in [-0.1, -0.05) is 6.92 Å². The number of aromatic nitrogens is 3.